The maximum atomic E-state index is 13.0. The number of pyridine rings is 1. The Morgan fingerprint density at radius 2 is 2.00 bits per heavy atom. The van der Waals surface area contributed by atoms with E-state index >= 15 is 0 Å². The molecule has 2 aliphatic rings. The van der Waals surface area contributed by atoms with Crippen molar-refractivity contribution >= 4 is 12.0 Å². The highest BCUT2D eigenvalue weighted by molar-refractivity contribution is 5.91. The van der Waals surface area contributed by atoms with E-state index in [0.29, 0.717) is 24.9 Å². The van der Waals surface area contributed by atoms with Crippen LogP contribution in [0, 0.1) is 5.92 Å². The summed E-state index contributed by atoms with van der Waals surface area (Å²) in [6, 6.07) is 7.91. The molecule has 0 spiro atoms. The minimum Gasteiger partial charge on any atom is -0.461 e. The monoisotopic (exact) mass is 409 g/mol. The molecule has 2 atom stereocenters. The molecule has 4 rings (SSSR count). The largest absolute Gasteiger partial charge is 0.461 e. The highest BCUT2D eigenvalue weighted by Gasteiger charge is 2.36. The topological polar surface area (TPSA) is 58.8 Å². The van der Waals surface area contributed by atoms with Gasteiger partial charge in [-0.1, -0.05) is 6.92 Å². The standard InChI is InChI=1S/C24H31N3O3/c1-19-17-22(19)23-5-3-21(30-23)4-6-24(28)27(18-20-7-9-25-10-8-20)12-2-11-26-13-15-29-16-14-26/h3-10,19,22H,2,11-18H2,1H3/b6-4+. The minimum atomic E-state index is 0.00605. The molecule has 0 bridgehead atoms. The van der Waals surface area contributed by atoms with Gasteiger partial charge in [0, 0.05) is 57.1 Å². The van der Waals surface area contributed by atoms with Gasteiger partial charge < -0.3 is 14.1 Å². The summed E-state index contributed by atoms with van der Waals surface area (Å²) in [7, 11) is 0. The number of nitrogens with zero attached hydrogens (tertiary/aromatic N) is 3. The molecule has 1 aliphatic heterocycles. The molecule has 1 saturated carbocycles. The van der Waals surface area contributed by atoms with E-state index in [2.05, 4.69) is 16.8 Å². The summed E-state index contributed by atoms with van der Waals surface area (Å²) in [5.41, 5.74) is 1.08. The Labute approximate surface area is 178 Å². The Balaban J connectivity index is 1.35. The lowest BCUT2D eigenvalue weighted by Crippen LogP contribution is -2.38. The fourth-order valence-corrected chi connectivity index (χ4v) is 3.92. The summed E-state index contributed by atoms with van der Waals surface area (Å²) >= 11 is 0. The van der Waals surface area contributed by atoms with Gasteiger partial charge in [0.25, 0.3) is 0 Å². The Bertz CT molecular complexity index is 842. The molecule has 2 fully saturated rings. The van der Waals surface area contributed by atoms with Gasteiger partial charge >= 0.3 is 0 Å². The van der Waals surface area contributed by atoms with Gasteiger partial charge in [0.1, 0.15) is 11.5 Å². The molecule has 0 N–H and O–H groups in total. The summed E-state index contributed by atoms with van der Waals surface area (Å²) in [4.78, 5) is 21.3. The Morgan fingerprint density at radius 3 is 2.73 bits per heavy atom. The third kappa shape index (κ3) is 5.80. The Hall–Kier alpha value is -2.44. The predicted molar refractivity (Wildman–Crippen MR) is 116 cm³/mol. The van der Waals surface area contributed by atoms with Crippen LogP contribution in [0.25, 0.3) is 6.08 Å². The first-order chi connectivity index (χ1) is 14.7. The lowest BCUT2D eigenvalue weighted by Gasteiger charge is -2.28. The zero-order valence-corrected chi connectivity index (χ0v) is 17.7. The van der Waals surface area contributed by atoms with E-state index in [0.717, 1.165) is 56.4 Å². The van der Waals surface area contributed by atoms with E-state index in [9.17, 15) is 4.79 Å². The molecule has 1 aliphatic carbocycles. The highest BCUT2D eigenvalue weighted by Crippen LogP contribution is 2.47. The molecule has 2 aromatic rings. The zero-order chi connectivity index (χ0) is 20.8. The van der Waals surface area contributed by atoms with Crippen LogP contribution in [-0.2, 0) is 16.1 Å². The molecular weight excluding hydrogens is 378 g/mol. The van der Waals surface area contributed by atoms with Crippen LogP contribution in [0.3, 0.4) is 0 Å². The molecule has 6 heteroatoms. The van der Waals surface area contributed by atoms with Crippen LogP contribution in [0.5, 0.6) is 0 Å². The number of rotatable bonds is 9. The number of furan rings is 1. The smallest absolute Gasteiger partial charge is 0.246 e. The molecule has 2 unspecified atom stereocenters. The van der Waals surface area contributed by atoms with Crippen molar-refractivity contribution in [2.75, 3.05) is 39.4 Å². The van der Waals surface area contributed by atoms with E-state index in [4.69, 9.17) is 9.15 Å². The second-order valence-corrected chi connectivity index (χ2v) is 8.32. The van der Waals surface area contributed by atoms with Gasteiger partial charge in [-0.2, -0.15) is 0 Å². The van der Waals surface area contributed by atoms with E-state index in [1.165, 1.54) is 6.42 Å². The van der Waals surface area contributed by atoms with E-state index < -0.39 is 0 Å². The summed E-state index contributed by atoms with van der Waals surface area (Å²) in [6.45, 7) is 8.05. The molecule has 0 radical (unpaired) electrons. The Morgan fingerprint density at radius 1 is 1.23 bits per heavy atom. The molecule has 3 heterocycles. The average Bonchev–Trinajstić information content (AvgIpc) is 3.32. The fourth-order valence-electron chi connectivity index (χ4n) is 3.92. The number of ether oxygens (including phenoxy) is 1. The third-order valence-corrected chi connectivity index (χ3v) is 5.95. The first kappa shape index (κ1) is 20.8. The quantitative estimate of drug-likeness (QED) is 0.593. The fraction of sp³-hybridized carbons (Fsp3) is 0.500. The molecule has 160 valence electrons. The maximum Gasteiger partial charge on any atom is 0.246 e. The van der Waals surface area contributed by atoms with Crippen LogP contribution >= 0.6 is 0 Å². The van der Waals surface area contributed by atoms with Gasteiger partial charge in [-0.05, 0) is 54.7 Å². The highest BCUT2D eigenvalue weighted by atomic mass is 16.5. The summed E-state index contributed by atoms with van der Waals surface area (Å²) in [5, 5.41) is 0. The van der Waals surface area contributed by atoms with Crippen LogP contribution in [0.1, 0.15) is 42.8 Å². The van der Waals surface area contributed by atoms with Crippen molar-refractivity contribution < 1.29 is 13.9 Å². The van der Waals surface area contributed by atoms with Gasteiger partial charge in [-0.3, -0.25) is 14.7 Å². The average molecular weight is 410 g/mol. The second kappa shape index (κ2) is 10.0. The number of hydrogen-bond donors (Lipinski definition) is 0. The van der Waals surface area contributed by atoms with Gasteiger partial charge in [0.05, 0.1) is 13.2 Å². The van der Waals surface area contributed by atoms with Crippen molar-refractivity contribution in [2.45, 2.75) is 32.2 Å². The number of carbonyl (C=O) groups is 1. The first-order valence-electron chi connectivity index (χ1n) is 10.9. The van der Waals surface area contributed by atoms with Crippen molar-refractivity contribution in [3.63, 3.8) is 0 Å². The van der Waals surface area contributed by atoms with Crippen molar-refractivity contribution in [2.24, 2.45) is 5.92 Å². The normalized spacial score (nSPS) is 21.8. The molecule has 2 aromatic heterocycles. The van der Waals surface area contributed by atoms with Gasteiger partial charge in [-0.15, -0.1) is 0 Å². The van der Waals surface area contributed by atoms with Crippen molar-refractivity contribution in [1.29, 1.82) is 0 Å². The molecule has 6 nitrogen and oxygen atoms in total. The van der Waals surface area contributed by atoms with Crippen molar-refractivity contribution in [3.05, 3.63) is 59.8 Å². The summed E-state index contributed by atoms with van der Waals surface area (Å²) in [5.74, 6) is 3.04. The Kier molecular flexibility index (Phi) is 6.97. The van der Waals surface area contributed by atoms with Crippen LogP contribution in [0.2, 0.25) is 0 Å². The van der Waals surface area contributed by atoms with Crippen molar-refractivity contribution in [3.8, 4) is 0 Å². The molecular formula is C24H31N3O3. The lowest BCUT2D eigenvalue weighted by molar-refractivity contribution is -0.126. The van der Waals surface area contributed by atoms with Crippen molar-refractivity contribution in [1.82, 2.24) is 14.8 Å². The lowest BCUT2D eigenvalue weighted by atomic mass is 10.2. The van der Waals surface area contributed by atoms with Crippen LogP contribution in [0.15, 0.2) is 47.2 Å². The maximum absolute atomic E-state index is 13.0. The number of carbonyl (C=O) groups excluding carboxylic acids is 1. The number of morpholine rings is 1. The van der Waals surface area contributed by atoms with Crippen LogP contribution < -0.4 is 0 Å². The number of aromatic nitrogens is 1. The second-order valence-electron chi connectivity index (χ2n) is 8.32. The number of hydrogen-bond acceptors (Lipinski definition) is 5. The van der Waals surface area contributed by atoms with Gasteiger partial charge in [-0.25, -0.2) is 0 Å². The van der Waals surface area contributed by atoms with E-state index in [1.807, 2.05) is 29.2 Å². The first-order valence-corrected chi connectivity index (χ1v) is 10.9. The molecule has 1 saturated heterocycles. The van der Waals surface area contributed by atoms with E-state index in [1.54, 1.807) is 24.5 Å². The van der Waals surface area contributed by atoms with Crippen LogP contribution in [-0.4, -0.2) is 60.1 Å². The molecule has 1 amide bonds. The van der Waals surface area contributed by atoms with E-state index in [-0.39, 0.29) is 5.91 Å². The summed E-state index contributed by atoms with van der Waals surface area (Å²) in [6.07, 6.45) is 9.10. The zero-order valence-electron chi connectivity index (χ0n) is 17.7. The van der Waals surface area contributed by atoms with Gasteiger partial charge in [0.2, 0.25) is 5.91 Å². The van der Waals surface area contributed by atoms with Crippen LogP contribution in [0.4, 0.5) is 0 Å². The molecule has 0 aromatic carbocycles. The van der Waals surface area contributed by atoms with Gasteiger partial charge in [0.15, 0.2) is 0 Å². The number of amides is 1. The summed E-state index contributed by atoms with van der Waals surface area (Å²) < 4.78 is 11.3. The predicted octanol–water partition coefficient (Wildman–Crippen LogP) is 3.56. The molecule has 30 heavy (non-hydrogen) atoms. The third-order valence-electron chi connectivity index (χ3n) is 5.95. The SMILES string of the molecule is CC1CC1c1ccc(/C=C/C(=O)N(CCCN2CCOCC2)Cc2ccncc2)o1. The minimum absolute atomic E-state index is 0.00605.